The number of methoxy groups -OCH3 is 1. The molecule has 1 heterocycles. The number of ether oxygens (including phenoxy) is 1. The molecule has 0 saturated carbocycles. The Morgan fingerprint density at radius 1 is 1.10 bits per heavy atom. The van der Waals surface area contributed by atoms with Gasteiger partial charge in [-0.1, -0.05) is 18.2 Å². The van der Waals surface area contributed by atoms with Crippen LogP contribution in [-0.2, 0) is 0 Å². The number of hydrogen-bond donors (Lipinski definition) is 2. The molecule has 3 rings (SSSR count). The van der Waals surface area contributed by atoms with Crippen LogP contribution in [0, 0.1) is 0 Å². The molecule has 0 spiro atoms. The maximum Gasteiger partial charge on any atom is 0.279 e. The van der Waals surface area contributed by atoms with Gasteiger partial charge in [-0.2, -0.15) is 0 Å². The highest BCUT2D eigenvalue weighted by atomic mass is 32.1. The molecule has 4 nitrogen and oxygen atoms in total. The summed E-state index contributed by atoms with van der Waals surface area (Å²) in [6.45, 7) is 0. The van der Waals surface area contributed by atoms with Gasteiger partial charge in [-0.25, -0.2) is 0 Å². The monoisotopic (exact) mass is 298 g/mol. The van der Waals surface area contributed by atoms with Crippen molar-refractivity contribution < 1.29 is 9.53 Å². The molecular formula is C16H14N2O2S. The second-order valence-electron chi connectivity index (χ2n) is 4.46. The Hall–Kier alpha value is -2.53. The molecular weight excluding hydrogens is 284 g/mol. The fraction of sp³-hybridized carbons (Fsp3) is 0.0625. The van der Waals surface area contributed by atoms with Gasteiger partial charge in [0.05, 0.1) is 17.7 Å². The van der Waals surface area contributed by atoms with Crippen LogP contribution in [0.15, 0.2) is 54.6 Å². The number of amides is 1. The summed E-state index contributed by atoms with van der Waals surface area (Å²) < 4.78 is 6.25. The lowest BCUT2D eigenvalue weighted by molar-refractivity contribution is 0.0966. The van der Waals surface area contributed by atoms with Gasteiger partial charge in [0.2, 0.25) is 0 Å². The average Bonchev–Trinajstić information content (AvgIpc) is 2.96. The lowest BCUT2D eigenvalue weighted by Crippen LogP contribution is -2.28. The van der Waals surface area contributed by atoms with Gasteiger partial charge in [-0.05, 0) is 41.8 Å². The molecule has 106 valence electrons. The highest BCUT2D eigenvalue weighted by Crippen LogP contribution is 2.28. The minimum absolute atomic E-state index is 0.154. The Morgan fingerprint density at radius 2 is 1.90 bits per heavy atom. The van der Waals surface area contributed by atoms with E-state index in [2.05, 4.69) is 10.9 Å². The number of anilines is 1. The normalized spacial score (nSPS) is 10.3. The van der Waals surface area contributed by atoms with Crippen molar-refractivity contribution >= 4 is 33.0 Å². The molecule has 0 radical (unpaired) electrons. The molecule has 2 aromatic carbocycles. The number of benzene rings is 2. The number of para-hydroxylation sites is 1. The topological polar surface area (TPSA) is 50.4 Å². The third kappa shape index (κ3) is 2.98. The van der Waals surface area contributed by atoms with Gasteiger partial charge in [-0.15, -0.1) is 11.3 Å². The van der Waals surface area contributed by atoms with Crippen molar-refractivity contribution in [3.63, 3.8) is 0 Å². The fourth-order valence-corrected chi connectivity index (χ4v) is 2.91. The number of nitrogens with one attached hydrogen (secondary N) is 2. The van der Waals surface area contributed by atoms with Crippen molar-refractivity contribution in [3.8, 4) is 5.75 Å². The van der Waals surface area contributed by atoms with E-state index in [9.17, 15) is 4.79 Å². The van der Waals surface area contributed by atoms with Crippen LogP contribution in [-0.4, -0.2) is 13.0 Å². The molecule has 0 bridgehead atoms. The zero-order valence-corrected chi connectivity index (χ0v) is 12.2. The molecule has 1 amide bonds. The Bertz CT molecular complexity index is 768. The summed E-state index contributed by atoms with van der Waals surface area (Å²) >= 11 is 1.45. The van der Waals surface area contributed by atoms with Crippen molar-refractivity contribution in [2.75, 3.05) is 12.5 Å². The Balaban J connectivity index is 1.75. The van der Waals surface area contributed by atoms with Gasteiger partial charge in [-0.3, -0.25) is 15.6 Å². The third-order valence-electron chi connectivity index (χ3n) is 3.04. The van der Waals surface area contributed by atoms with Crippen molar-refractivity contribution in [2.45, 2.75) is 0 Å². The van der Waals surface area contributed by atoms with Crippen molar-refractivity contribution in [1.29, 1.82) is 0 Å². The van der Waals surface area contributed by atoms with Crippen LogP contribution in [0.25, 0.3) is 10.1 Å². The number of rotatable bonds is 4. The van der Waals surface area contributed by atoms with E-state index < -0.39 is 0 Å². The molecule has 0 fully saturated rings. The molecule has 2 N–H and O–H groups in total. The van der Waals surface area contributed by atoms with E-state index in [4.69, 9.17) is 4.74 Å². The summed E-state index contributed by atoms with van der Waals surface area (Å²) in [5, 5.41) is 1.00. The fourth-order valence-electron chi connectivity index (χ4n) is 1.97. The predicted molar refractivity (Wildman–Crippen MR) is 85.9 cm³/mol. The maximum absolute atomic E-state index is 12.1. The largest absolute Gasteiger partial charge is 0.497 e. The molecule has 0 atom stereocenters. The Morgan fingerprint density at radius 3 is 2.67 bits per heavy atom. The molecule has 0 aliphatic heterocycles. The van der Waals surface area contributed by atoms with Crippen molar-refractivity contribution in [3.05, 3.63) is 59.5 Å². The van der Waals surface area contributed by atoms with E-state index in [1.807, 2.05) is 54.6 Å². The molecule has 1 aromatic heterocycles. The number of carbonyl (C=O) groups is 1. The van der Waals surface area contributed by atoms with E-state index in [-0.39, 0.29) is 5.91 Å². The lowest BCUT2D eigenvalue weighted by Gasteiger charge is -2.06. The van der Waals surface area contributed by atoms with Crippen LogP contribution in [0.4, 0.5) is 5.69 Å². The molecule has 0 saturated heterocycles. The quantitative estimate of drug-likeness (QED) is 0.723. The first-order valence-electron chi connectivity index (χ1n) is 6.45. The SMILES string of the molecule is COc1ccc2sc(C(=O)NNc3ccccc3)cc2c1. The summed E-state index contributed by atoms with van der Waals surface area (Å²) in [6, 6.07) is 17.1. The van der Waals surface area contributed by atoms with Gasteiger partial charge in [0, 0.05) is 4.70 Å². The van der Waals surface area contributed by atoms with Crippen LogP contribution in [0.3, 0.4) is 0 Å². The summed E-state index contributed by atoms with van der Waals surface area (Å²) in [7, 11) is 1.63. The second-order valence-corrected chi connectivity index (χ2v) is 5.54. The molecule has 5 heteroatoms. The van der Waals surface area contributed by atoms with Crippen molar-refractivity contribution in [2.24, 2.45) is 0 Å². The van der Waals surface area contributed by atoms with E-state index >= 15 is 0 Å². The van der Waals surface area contributed by atoms with Crippen LogP contribution in [0.2, 0.25) is 0 Å². The van der Waals surface area contributed by atoms with E-state index in [0.29, 0.717) is 4.88 Å². The summed E-state index contributed by atoms with van der Waals surface area (Å²) in [5.41, 5.74) is 6.43. The van der Waals surface area contributed by atoms with E-state index in [1.54, 1.807) is 7.11 Å². The zero-order valence-electron chi connectivity index (χ0n) is 11.4. The molecule has 0 aliphatic carbocycles. The Kier molecular flexibility index (Phi) is 3.75. The average molecular weight is 298 g/mol. The van der Waals surface area contributed by atoms with Crippen LogP contribution >= 0.6 is 11.3 Å². The number of hydrogen-bond acceptors (Lipinski definition) is 4. The molecule has 21 heavy (non-hydrogen) atoms. The van der Waals surface area contributed by atoms with Gasteiger partial charge in [0.15, 0.2) is 0 Å². The highest BCUT2D eigenvalue weighted by molar-refractivity contribution is 7.20. The first-order chi connectivity index (χ1) is 10.3. The molecule has 0 aliphatic rings. The minimum Gasteiger partial charge on any atom is -0.497 e. The number of thiophene rings is 1. The summed E-state index contributed by atoms with van der Waals surface area (Å²) in [5.74, 6) is 0.633. The maximum atomic E-state index is 12.1. The zero-order chi connectivity index (χ0) is 14.7. The molecule has 0 unspecified atom stereocenters. The van der Waals surface area contributed by atoms with Crippen LogP contribution in [0.1, 0.15) is 9.67 Å². The highest BCUT2D eigenvalue weighted by Gasteiger charge is 2.10. The second kappa shape index (κ2) is 5.85. The first kappa shape index (κ1) is 13.5. The first-order valence-corrected chi connectivity index (χ1v) is 7.27. The minimum atomic E-state index is -0.154. The molecule has 3 aromatic rings. The number of hydrazine groups is 1. The lowest BCUT2D eigenvalue weighted by atomic mass is 10.2. The van der Waals surface area contributed by atoms with Crippen LogP contribution < -0.4 is 15.6 Å². The summed E-state index contributed by atoms with van der Waals surface area (Å²) in [6.07, 6.45) is 0. The Labute approximate surface area is 126 Å². The number of carbonyl (C=O) groups excluding carboxylic acids is 1. The van der Waals surface area contributed by atoms with E-state index in [0.717, 1.165) is 21.5 Å². The van der Waals surface area contributed by atoms with E-state index in [1.165, 1.54) is 11.3 Å². The van der Waals surface area contributed by atoms with Crippen LogP contribution in [0.5, 0.6) is 5.75 Å². The van der Waals surface area contributed by atoms with Gasteiger partial charge in [0.1, 0.15) is 5.75 Å². The van der Waals surface area contributed by atoms with Crippen molar-refractivity contribution in [1.82, 2.24) is 5.43 Å². The smallest absolute Gasteiger partial charge is 0.279 e. The predicted octanol–water partition coefficient (Wildman–Crippen LogP) is 3.67. The summed E-state index contributed by atoms with van der Waals surface area (Å²) in [4.78, 5) is 12.8. The van der Waals surface area contributed by atoms with Gasteiger partial charge < -0.3 is 4.74 Å². The van der Waals surface area contributed by atoms with Gasteiger partial charge in [0.25, 0.3) is 5.91 Å². The van der Waals surface area contributed by atoms with Gasteiger partial charge >= 0.3 is 0 Å². The number of fused-ring (bicyclic) bond motifs is 1. The third-order valence-corrected chi connectivity index (χ3v) is 4.16. The standard InChI is InChI=1S/C16H14N2O2S/c1-20-13-7-8-14-11(9-13)10-15(21-14)16(19)18-17-12-5-3-2-4-6-12/h2-10,17H,1H3,(H,18,19).